The molecule has 0 radical (unpaired) electrons. The Balaban J connectivity index is 1.65. The lowest BCUT2D eigenvalue weighted by Gasteiger charge is -2.24. The number of carbonyl (C=O) groups is 2. The van der Waals surface area contributed by atoms with Crippen molar-refractivity contribution in [3.63, 3.8) is 0 Å². The molecule has 2 aromatic carbocycles. The lowest BCUT2D eigenvalue weighted by Crippen LogP contribution is -2.33. The molecule has 13 nitrogen and oxygen atoms in total. The first-order valence-corrected chi connectivity index (χ1v) is 19.6. The molecule has 5 unspecified atom stereocenters. The molecule has 0 aliphatic carbocycles. The summed E-state index contributed by atoms with van der Waals surface area (Å²) in [5, 5.41) is 4.47. The number of amides is 2. The van der Waals surface area contributed by atoms with E-state index < -0.39 is 39.1 Å². The quantitative estimate of drug-likeness (QED) is 0.107. The molecule has 3 N–H and O–H groups in total. The molecule has 14 heteroatoms. The van der Waals surface area contributed by atoms with Crippen LogP contribution < -0.4 is 10.6 Å². The van der Waals surface area contributed by atoms with Crippen molar-refractivity contribution >= 4 is 33.5 Å². The number of anilines is 2. The summed E-state index contributed by atoms with van der Waals surface area (Å²) in [4.78, 5) is 24.6. The molecule has 53 heavy (non-hydrogen) atoms. The predicted molar refractivity (Wildman–Crippen MR) is 206 cm³/mol. The molecule has 0 aliphatic heterocycles. The fourth-order valence-electron chi connectivity index (χ4n) is 4.46. The Morgan fingerprint density at radius 3 is 1.60 bits per heavy atom. The molecule has 0 spiro atoms. The lowest BCUT2D eigenvalue weighted by molar-refractivity contribution is -0.123. The molecule has 5 atom stereocenters. The highest BCUT2D eigenvalue weighted by molar-refractivity contribution is 7.86. The highest BCUT2D eigenvalue weighted by Gasteiger charge is 2.25. The first-order valence-electron chi connectivity index (χ1n) is 18.1. The van der Waals surface area contributed by atoms with E-state index in [2.05, 4.69) is 10.6 Å². The monoisotopic (exact) mass is 766 g/mol. The maximum Gasteiger partial charge on any atom is 0.411 e. The fourth-order valence-corrected chi connectivity index (χ4v) is 5.11. The van der Waals surface area contributed by atoms with Crippen molar-refractivity contribution in [1.29, 1.82) is 0 Å². The predicted octanol–water partition coefficient (Wildman–Crippen LogP) is 6.89. The van der Waals surface area contributed by atoms with Crippen LogP contribution in [0.2, 0.25) is 0 Å². The van der Waals surface area contributed by atoms with E-state index in [1.165, 1.54) is 0 Å². The Morgan fingerprint density at radius 2 is 1.11 bits per heavy atom. The summed E-state index contributed by atoms with van der Waals surface area (Å²) >= 11 is 0. The van der Waals surface area contributed by atoms with E-state index in [9.17, 15) is 22.6 Å². The third kappa shape index (κ3) is 20.2. The third-order valence-electron chi connectivity index (χ3n) is 7.76. The average molecular weight is 767 g/mol. The fraction of sp³-hybridized carbons (Fsp3) is 0.641. The molecule has 0 fully saturated rings. The summed E-state index contributed by atoms with van der Waals surface area (Å²) in [6.45, 7) is 19.4. The zero-order valence-corrected chi connectivity index (χ0v) is 33.9. The minimum absolute atomic E-state index is 0.00922. The maximum absolute atomic E-state index is 12.4. The number of nitrogens with one attached hydrogen (secondary N) is 2. The zero-order chi connectivity index (χ0) is 39.8. The number of hydrogen-bond acceptors (Lipinski definition) is 10. The van der Waals surface area contributed by atoms with Gasteiger partial charge in [0.05, 0.1) is 56.4 Å². The lowest BCUT2D eigenvalue weighted by atomic mass is 9.95. The van der Waals surface area contributed by atoms with Crippen LogP contribution in [0.1, 0.15) is 86.8 Å². The van der Waals surface area contributed by atoms with Crippen LogP contribution in [0.5, 0.6) is 0 Å². The van der Waals surface area contributed by atoms with Crippen LogP contribution in [0, 0.1) is 5.41 Å². The summed E-state index contributed by atoms with van der Waals surface area (Å²) in [6.07, 6.45) is -1.27. The van der Waals surface area contributed by atoms with Crippen LogP contribution in [0.25, 0.3) is 0 Å². The molecule has 2 amide bonds. The van der Waals surface area contributed by atoms with Crippen LogP contribution in [0.4, 0.5) is 16.2 Å². The molecule has 0 aromatic heterocycles. The Morgan fingerprint density at radius 1 is 0.660 bits per heavy atom. The number of carbonyl (C=O) groups excluding carboxylic acids is 2. The van der Waals surface area contributed by atoms with Crippen molar-refractivity contribution < 1.29 is 51.0 Å². The topological polar surface area (TPSA) is 168 Å². The average Bonchev–Trinajstić information content (AvgIpc) is 3.06. The molecule has 0 heterocycles. The summed E-state index contributed by atoms with van der Waals surface area (Å²) < 4.78 is 67.5. The van der Waals surface area contributed by atoms with E-state index in [4.69, 9.17) is 28.4 Å². The van der Waals surface area contributed by atoms with Gasteiger partial charge in [0.25, 0.3) is 10.1 Å². The number of benzene rings is 2. The van der Waals surface area contributed by atoms with Crippen LogP contribution in [0.3, 0.4) is 0 Å². The van der Waals surface area contributed by atoms with Gasteiger partial charge in [-0.3, -0.25) is 14.7 Å². The van der Waals surface area contributed by atoms with Gasteiger partial charge in [0, 0.05) is 23.4 Å². The molecule has 2 aromatic rings. The zero-order valence-electron chi connectivity index (χ0n) is 33.1. The molecule has 2 rings (SSSR count). The van der Waals surface area contributed by atoms with E-state index in [0.717, 1.165) is 16.8 Å². The number of hydrogen-bond donors (Lipinski definition) is 3. The van der Waals surface area contributed by atoms with Crippen LogP contribution in [-0.4, -0.2) is 99.9 Å². The van der Waals surface area contributed by atoms with Gasteiger partial charge in [0.15, 0.2) is 0 Å². The number of rotatable bonds is 22. The Labute approximate surface area is 316 Å². The molecule has 0 saturated carbocycles. The minimum Gasteiger partial charge on any atom is -0.447 e. The van der Waals surface area contributed by atoms with E-state index in [1.54, 1.807) is 32.9 Å². The first kappa shape index (κ1) is 46.0. The van der Waals surface area contributed by atoms with Gasteiger partial charge in [-0.15, -0.1) is 0 Å². The Bertz CT molecular complexity index is 1490. The van der Waals surface area contributed by atoms with Crippen molar-refractivity contribution in [1.82, 2.24) is 0 Å². The van der Waals surface area contributed by atoms with Gasteiger partial charge in [0.1, 0.15) is 11.9 Å². The van der Waals surface area contributed by atoms with Gasteiger partial charge in [-0.25, -0.2) is 4.79 Å². The van der Waals surface area contributed by atoms with Gasteiger partial charge >= 0.3 is 6.09 Å². The summed E-state index contributed by atoms with van der Waals surface area (Å²) in [6, 6.07) is 15.2. The van der Waals surface area contributed by atoms with E-state index >= 15 is 0 Å². The van der Waals surface area contributed by atoms with Crippen LogP contribution >= 0.6 is 0 Å². The third-order valence-corrected chi connectivity index (χ3v) is 8.98. The van der Waals surface area contributed by atoms with Crippen LogP contribution in [0.15, 0.2) is 48.5 Å². The highest BCUT2D eigenvalue weighted by Crippen LogP contribution is 2.20. The van der Waals surface area contributed by atoms with E-state index in [1.807, 2.05) is 84.9 Å². The summed E-state index contributed by atoms with van der Waals surface area (Å²) in [7, 11) is -4.36. The van der Waals surface area contributed by atoms with Crippen molar-refractivity contribution in [2.24, 2.45) is 5.41 Å². The second kappa shape index (κ2) is 21.7. The van der Waals surface area contributed by atoms with Gasteiger partial charge in [-0.05, 0) is 96.7 Å². The van der Waals surface area contributed by atoms with Gasteiger partial charge < -0.3 is 33.7 Å². The SMILES string of the molecule is CC(COC(=O)Nc1ccc(Cc2ccc(NC(=O)C(C)(C)C)cc2)cc1)OCC(C)OCCC(COC(C)COC(C)COC(C)(C)C)S(=O)(=O)O. The highest BCUT2D eigenvalue weighted by atomic mass is 32.2. The molecule has 0 saturated heterocycles. The second-order valence-corrected chi connectivity index (χ2v) is 17.2. The largest absolute Gasteiger partial charge is 0.447 e. The molecule has 0 aliphatic rings. The Kier molecular flexibility index (Phi) is 18.8. The first-order chi connectivity index (χ1) is 24.6. The maximum atomic E-state index is 12.4. The van der Waals surface area contributed by atoms with Crippen molar-refractivity contribution in [3.8, 4) is 0 Å². The Hall–Kier alpha value is -3.11. The van der Waals surface area contributed by atoms with Gasteiger partial charge in [-0.1, -0.05) is 45.0 Å². The van der Waals surface area contributed by atoms with Crippen molar-refractivity contribution in [2.75, 3.05) is 50.3 Å². The van der Waals surface area contributed by atoms with Crippen LogP contribution in [-0.2, 0) is 49.8 Å². The van der Waals surface area contributed by atoms with Gasteiger partial charge in [0.2, 0.25) is 5.91 Å². The number of ether oxygens (including phenoxy) is 6. The minimum atomic E-state index is -4.36. The molecule has 0 bridgehead atoms. The molecular formula is C39H62N2O11S. The second-order valence-electron chi connectivity index (χ2n) is 15.5. The molecule has 300 valence electrons. The molecular weight excluding hydrogens is 704 g/mol. The smallest absolute Gasteiger partial charge is 0.411 e. The normalized spacial score (nSPS) is 15.2. The van der Waals surface area contributed by atoms with Crippen molar-refractivity contribution in [3.05, 3.63) is 59.7 Å². The standard InChI is InChI=1S/C39H62N2O11S/c1-27(47-20-19-35(53(44,45)46)26-50-28(2)23-49-30(4)25-52-39(8,9)10)22-48-29(3)24-51-37(43)41-34-17-13-32(14-18-34)21-31-11-15-33(16-12-31)40-36(42)38(5,6)7/h11-18,27-30,35H,19-26H2,1-10H3,(H,40,42)(H,41,43)(H,44,45,46). The van der Waals surface area contributed by atoms with Gasteiger partial charge in [-0.2, -0.15) is 8.42 Å². The summed E-state index contributed by atoms with van der Waals surface area (Å²) in [5.74, 6) is -0.0418. The summed E-state index contributed by atoms with van der Waals surface area (Å²) in [5.41, 5.74) is 2.73. The van der Waals surface area contributed by atoms with E-state index in [-0.39, 0.29) is 63.2 Å². The van der Waals surface area contributed by atoms with E-state index in [0.29, 0.717) is 18.7 Å². The van der Waals surface area contributed by atoms with Crippen molar-refractivity contribution in [2.45, 2.75) is 117 Å².